The van der Waals surface area contributed by atoms with Gasteiger partial charge in [0.15, 0.2) is 0 Å². The van der Waals surface area contributed by atoms with Crippen molar-refractivity contribution in [2.75, 3.05) is 0 Å². The number of rotatable bonds is 0. The van der Waals surface area contributed by atoms with Crippen molar-refractivity contribution in [3.8, 4) is 0 Å². The molecular weight excluding hydrogens is 168 g/mol. The van der Waals surface area contributed by atoms with Gasteiger partial charge in [0.1, 0.15) is 0 Å². The van der Waals surface area contributed by atoms with Crippen molar-refractivity contribution in [3.63, 3.8) is 0 Å². The Hall–Kier alpha value is 0.0300. The van der Waals surface area contributed by atoms with E-state index in [4.69, 9.17) is 11.6 Å². The Balaban J connectivity index is 2.57. The van der Waals surface area contributed by atoms with Crippen LogP contribution in [0.3, 0.4) is 0 Å². The molecule has 0 radical (unpaired) electrons. The van der Waals surface area contributed by atoms with Gasteiger partial charge in [0, 0.05) is 0 Å². The van der Waals surface area contributed by atoms with Gasteiger partial charge in [0.2, 0.25) is 0 Å². The van der Waals surface area contributed by atoms with Crippen LogP contribution in [0.4, 0.5) is 0 Å². The molecule has 2 atom stereocenters. The van der Waals surface area contributed by atoms with Gasteiger partial charge in [0.25, 0.3) is 0 Å². The van der Waals surface area contributed by atoms with Gasteiger partial charge in [-0.05, 0) is 30.6 Å². The van der Waals surface area contributed by atoms with E-state index in [-0.39, 0.29) is 5.38 Å². The van der Waals surface area contributed by atoms with Crippen LogP contribution in [0.5, 0.6) is 0 Å². The van der Waals surface area contributed by atoms with E-state index in [1.54, 1.807) is 0 Å². The summed E-state index contributed by atoms with van der Waals surface area (Å²) in [5.41, 5.74) is 1.64. The average Bonchev–Trinajstić information content (AvgIpc) is 1.92. The molecule has 1 aliphatic rings. The summed E-state index contributed by atoms with van der Waals surface area (Å²) >= 11 is 6.17. The predicted octanol–water partition coefficient (Wildman–Crippen LogP) is 4.00. The Labute approximate surface area is 81.0 Å². The average molecular weight is 187 g/mol. The van der Waals surface area contributed by atoms with Crippen LogP contribution < -0.4 is 0 Å². The van der Waals surface area contributed by atoms with E-state index in [1.807, 2.05) is 0 Å². The topological polar surface area (TPSA) is 0 Å². The zero-order valence-corrected chi connectivity index (χ0v) is 9.12. The van der Waals surface area contributed by atoms with Crippen LogP contribution in [0.1, 0.15) is 40.0 Å². The molecule has 0 nitrogen and oxygen atoms in total. The third-order valence-electron chi connectivity index (χ3n) is 2.97. The molecule has 70 valence electrons. The molecule has 12 heavy (non-hydrogen) atoms. The number of allylic oxidation sites excluding steroid dienone is 1. The second-order valence-corrected chi connectivity index (χ2v) is 5.49. The van der Waals surface area contributed by atoms with Gasteiger partial charge in [0.05, 0.1) is 5.38 Å². The molecule has 1 saturated carbocycles. The molecule has 0 amide bonds. The molecule has 0 saturated heterocycles. The number of alkyl halides is 1. The highest BCUT2D eigenvalue weighted by Crippen LogP contribution is 2.40. The number of hydrogen-bond donors (Lipinski definition) is 0. The van der Waals surface area contributed by atoms with Crippen molar-refractivity contribution < 1.29 is 0 Å². The normalized spacial score (nSPS) is 32.2. The molecule has 0 heterocycles. The first-order chi connectivity index (χ1) is 5.41. The fourth-order valence-electron chi connectivity index (χ4n) is 1.84. The van der Waals surface area contributed by atoms with Gasteiger partial charge < -0.3 is 0 Å². The van der Waals surface area contributed by atoms with Crippen LogP contribution in [0.2, 0.25) is 0 Å². The largest absolute Gasteiger partial charge is 0.118 e. The molecule has 0 aromatic carbocycles. The lowest BCUT2D eigenvalue weighted by Gasteiger charge is -2.36. The van der Waals surface area contributed by atoms with Crippen LogP contribution in [0.25, 0.3) is 0 Å². The van der Waals surface area contributed by atoms with Crippen molar-refractivity contribution in [1.29, 1.82) is 0 Å². The van der Waals surface area contributed by atoms with E-state index in [9.17, 15) is 0 Å². The molecule has 1 aliphatic carbocycles. The molecule has 1 fully saturated rings. The molecule has 2 unspecified atom stereocenters. The number of hydrogen-bond acceptors (Lipinski definition) is 0. The zero-order valence-electron chi connectivity index (χ0n) is 8.36. The summed E-state index contributed by atoms with van der Waals surface area (Å²) in [6.45, 7) is 10.9. The number of halogens is 1. The molecule has 0 N–H and O–H groups in total. The van der Waals surface area contributed by atoms with Crippen LogP contribution >= 0.6 is 11.6 Å². The van der Waals surface area contributed by atoms with Gasteiger partial charge in [-0.25, -0.2) is 0 Å². The lowest BCUT2D eigenvalue weighted by molar-refractivity contribution is 0.199. The third kappa shape index (κ3) is 2.26. The highest BCUT2D eigenvalue weighted by molar-refractivity contribution is 6.22. The van der Waals surface area contributed by atoms with Gasteiger partial charge >= 0.3 is 0 Å². The minimum atomic E-state index is 0.225. The summed E-state index contributed by atoms with van der Waals surface area (Å²) in [5, 5.41) is 0.225. The monoisotopic (exact) mass is 186 g/mol. The minimum Gasteiger partial charge on any atom is -0.118 e. The van der Waals surface area contributed by atoms with E-state index >= 15 is 0 Å². The first-order valence-corrected chi connectivity index (χ1v) is 5.16. The summed E-state index contributed by atoms with van der Waals surface area (Å²) in [7, 11) is 0. The van der Waals surface area contributed by atoms with Crippen molar-refractivity contribution in [1.82, 2.24) is 0 Å². The maximum Gasteiger partial charge on any atom is 0.0545 e. The SMILES string of the molecule is C=C1CCC(C(C)(C)C)CC1Cl. The summed E-state index contributed by atoms with van der Waals surface area (Å²) < 4.78 is 0. The van der Waals surface area contributed by atoms with E-state index < -0.39 is 0 Å². The van der Waals surface area contributed by atoms with Crippen LogP contribution in [0, 0.1) is 11.3 Å². The quantitative estimate of drug-likeness (QED) is 0.396. The van der Waals surface area contributed by atoms with Crippen LogP contribution in [-0.4, -0.2) is 5.38 Å². The Morgan fingerprint density at radius 3 is 2.42 bits per heavy atom. The second-order valence-electron chi connectivity index (χ2n) is 4.96. The molecule has 0 aromatic rings. The van der Waals surface area contributed by atoms with Crippen molar-refractivity contribution in [2.24, 2.45) is 11.3 Å². The van der Waals surface area contributed by atoms with Crippen molar-refractivity contribution in [2.45, 2.75) is 45.4 Å². The highest BCUT2D eigenvalue weighted by atomic mass is 35.5. The Bertz CT molecular complexity index is 176. The summed E-state index contributed by atoms with van der Waals surface area (Å²) in [4.78, 5) is 0. The lowest BCUT2D eigenvalue weighted by Crippen LogP contribution is -2.28. The molecular formula is C11H19Cl. The Kier molecular flexibility index (Phi) is 2.88. The van der Waals surface area contributed by atoms with E-state index in [2.05, 4.69) is 27.4 Å². The third-order valence-corrected chi connectivity index (χ3v) is 3.46. The molecule has 1 rings (SSSR count). The van der Waals surface area contributed by atoms with Crippen molar-refractivity contribution >= 4 is 11.6 Å². The minimum absolute atomic E-state index is 0.225. The van der Waals surface area contributed by atoms with Crippen LogP contribution in [-0.2, 0) is 0 Å². The van der Waals surface area contributed by atoms with Gasteiger partial charge in [-0.3, -0.25) is 0 Å². The Morgan fingerprint density at radius 1 is 1.42 bits per heavy atom. The maximum absolute atomic E-state index is 6.17. The molecule has 0 spiro atoms. The summed E-state index contributed by atoms with van der Waals surface area (Å²) in [6.07, 6.45) is 3.51. The van der Waals surface area contributed by atoms with Crippen molar-refractivity contribution in [3.05, 3.63) is 12.2 Å². The summed E-state index contributed by atoms with van der Waals surface area (Å²) in [5.74, 6) is 0.769. The van der Waals surface area contributed by atoms with E-state index in [0.717, 1.165) is 18.8 Å². The fourth-order valence-corrected chi connectivity index (χ4v) is 2.16. The predicted molar refractivity (Wildman–Crippen MR) is 55.6 cm³/mol. The smallest absolute Gasteiger partial charge is 0.0545 e. The van der Waals surface area contributed by atoms with Gasteiger partial charge in [-0.15, -0.1) is 11.6 Å². The maximum atomic E-state index is 6.17. The fraction of sp³-hybridized carbons (Fsp3) is 0.818. The lowest BCUT2D eigenvalue weighted by atomic mass is 9.71. The van der Waals surface area contributed by atoms with Gasteiger partial charge in [-0.1, -0.05) is 32.9 Å². The second kappa shape index (κ2) is 3.41. The molecule has 0 aromatic heterocycles. The molecule has 0 bridgehead atoms. The zero-order chi connectivity index (χ0) is 9.35. The van der Waals surface area contributed by atoms with E-state index in [0.29, 0.717) is 5.41 Å². The first-order valence-electron chi connectivity index (χ1n) is 4.73. The highest BCUT2D eigenvalue weighted by Gasteiger charge is 2.31. The van der Waals surface area contributed by atoms with Gasteiger partial charge in [-0.2, -0.15) is 0 Å². The first kappa shape index (κ1) is 10.1. The van der Waals surface area contributed by atoms with E-state index in [1.165, 1.54) is 12.0 Å². The molecule has 0 aliphatic heterocycles. The summed E-state index contributed by atoms with van der Waals surface area (Å²) in [6, 6.07) is 0. The Morgan fingerprint density at radius 2 is 2.00 bits per heavy atom. The standard InChI is InChI=1S/C11H19Cl/c1-8-5-6-9(7-10(8)12)11(2,3)4/h9-10H,1,5-7H2,2-4H3. The molecule has 1 heteroatoms. The van der Waals surface area contributed by atoms with Crippen LogP contribution in [0.15, 0.2) is 12.2 Å².